The van der Waals surface area contributed by atoms with Crippen LogP contribution < -0.4 is 5.01 Å². The van der Waals surface area contributed by atoms with Crippen molar-refractivity contribution in [2.75, 3.05) is 18.6 Å². The molecule has 1 aromatic carbocycles. The zero-order valence-corrected chi connectivity index (χ0v) is 8.27. The molecular formula is C11H16N2. The van der Waals surface area contributed by atoms with E-state index in [0.717, 1.165) is 6.54 Å². The predicted molar refractivity (Wildman–Crippen MR) is 55.6 cm³/mol. The van der Waals surface area contributed by atoms with Crippen molar-refractivity contribution in [1.82, 2.24) is 5.01 Å². The summed E-state index contributed by atoms with van der Waals surface area (Å²) in [5, 5.41) is 4.65. The molecule has 0 aliphatic carbocycles. The second-order valence-corrected chi connectivity index (χ2v) is 3.67. The predicted octanol–water partition coefficient (Wildman–Crippen LogP) is 2.13. The Morgan fingerprint density at radius 2 is 1.92 bits per heavy atom. The van der Waals surface area contributed by atoms with Crippen molar-refractivity contribution in [1.29, 1.82) is 0 Å². The fourth-order valence-electron chi connectivity index (χ4n) is 1.80. The molecular weight excluding hydrogens is 160 g/mol. The van der Waals surface area contributed by atoms with E-state index < -0.39 is 0 Å². The maximum absolute atomic E-state index is 2.34. The summed E-state index contributed by atoms with van der Waals surface area (Å²) in [6, 6.07) is 11.2. The zero-order chi connectivity index (χ0) is 9.26. The molecule has 1 fully saturated rings. The maximum atomic E-state index is 2.34. The van der Waals surface area contributed by atoms with Gasteiger partial charge in [0.2, 0.25) is 0 Å². The van der Waals surface area contributed by atoms with Gasteiger partial charge in [-0.2, -0.15) is 0 Å². The summed E-state index contributed by atoms with van der Waals surface area (Å²) in [4.78, 5) is 0. The van der Waals surface area contributed by atoms with Crippen LogP contribution in [0.2, 0.25) is 0 Å². The van der Waals surface area contributed by atoms with Gasteiger partial charge in [0, 0.05) is 19.6 Å². The molecule has 0 aromatic heterocycles. The number of hydrazine groups is 1. The van der Waals surface area contributed by atoms with Gasteiger partial charge in [-0.05, 0) is 25.5 Å². The quantitative estimate of drug-likeness (QED) is 0.646. The number of benzene rings is 1. The van der Waals surface area contributed by atoms with Crippen LogP contribution in [0, 0.1) is 0 Å². The lowest BCUT2D eigenvalue weighted by Gasteiger charge is -2.28. The summed E-state index contributed by atoms with van der Waals surface area (Å²) >= 11 is 0. The zero-order valence-electron chi connectivity index (χ0n) is 8.27. The fraction of sp³-hybridized carbons (Fsp3) is 0.455. The van der Waals surface area contributed by atoms with E-state index in [2.05, 4.69) is 54.3 Å². The van der Waals surface area contributed by atoms with E-state index in [0.29, 0.717) is 6.04 Å². The molecule has 2 rings (SSSR count). The Morgan fingerprint density at radius 3 is 2.46 bits per heavy atom. The van der Waals surface area contributed by atoms with E-state index in [-0.39, 0.29) is 0 Å². The molecule has 1 aromatic rings. The average Bonchev–Trinajstić information content (AvgIpc) is 2.49. The lowest BCUT2D eigenvalue weighted by molar-refractivity contribution is 0.304. The summed E-state index contributed by atoms with van der Waals surface area (Å²) in [5.74, 6) is 0. The van der Waals surface area contributed by atoms with Gasteiger partial charge in [-0.25, -0.2) is 5.01 Å². The van der Waals surface area contributed by atoms with Crippen LogP contribution in [0.25, 0.3) is 0 Å². The minimum atomic E-state index is 0.667. The largest absolute Gasteiger partial charge is 0.306 e. The third-order valence-corrected chi connectivity index (χ3v) is 2.83. The molecule has 13 heavy (non-hydrogen) atoms. The molecule has 70 valence electrons. The third-order valence-electron chi connectivity index (χ3n) is 2.83. The van der Waals surface area contributed by atoms with Gasteiger partial charge in [-0.3, -0.25) is 0 Å². The van der Waals surface area contributed by atoms with Gasteiger partial charge in [-0.15, -0.1) is 0 Å². The summed E-state index contributed by atoms with van der Waals surface area (Å²) in [7, 11) is 2.16. The van der Waals surface area contributed by atoms with Gasteiger partial charge in [0.15, 0.2) is 0 Å². The fourth-order valence-corrected chi connectivity index (χ4v) is 1.80. The van der Waals surface area contributed by atoms with Crippen molar-refractivity contribution in [2.45, 2.75) is 19.4 Å². The summed E-state index contributed by atoms with van der Waals surface area (Å²) in [6.45, 7) is 3.41. The Hall–Kier alpha value is -1.02. The van der Waals surface area contributed by atoms with Crippen LogP contribution in [0.15, 0.2) is 30.3 Å². The summed E-state index contributed by atoms with van der Waals surface area (Å²) in [6.07, 6.45) is 1.26. The number of nitrogens with zero attached hydrogens (tertiary/aromatic N) is 2. The highest BCUT2D eigenvalue weighted by atomic mass is 15.6. The Labute approximate surface area is 79.7 Å². The molecule has 2 heteroatoms. The number of hydrogen-bond acceptors (Lipinski definition) is 2. The molecule has 0 bridgehead atoms. The van der Waals surface area contributed by atoms with E-state index in [1.807, 2.05) is 0 Å². The van der Waals surface area contributed by atoms with Gasteiger partial charge in [0.1, 0.15) is 0 Å². The summed E-state index contributed by atoms with van der Waals surface area (Å²) in [5.41, 5.74) is 1.30. The first-order valence-corrected chi connectivity index (χ1v) is 4.84. The van der Waals surface area contributed by atoms with Gasteiger partial charge in [0.05, 0.1) is 5.69 Å². The van der Waals surface area contributed by atoms with E-state index in [4.69, 9.17) is 0 Å². The monoisotopic (exact) mass is 176 g/mol. The van der Waals surface area contributed by atoms with Crippen LogP contribution in [0.3, 0.4) is 0 Å². The first-order chi connectivity index (χ1) is 6.29. The standard InChI is InChI=1S/C11H16N2/c1-10-8-9-13(12(10)2)11-6-4-3-5-7-11/h3-7,10H,8-9H2,1-2H3. The van der Waals surface area contributed by atoms with Gasteiger partial charge >= 0.3 is 0 Å². The average molecular weight is 176 g/mol. The van der Waals surface area contributed by atoms with E-state index in [1.165, 1.54) is 12.1 Å². The molecule has 2 nitrogen and oxygen atoms in total. The first kappa shape index (κ1) is 8.57. The normalized spacial score (nSPS) is 23.8. The molecule has 1 unspecified atom stereocenters. The van der Waals surface area contributed by atoms with Crippen molar-refractivity contribution >= 4 is 5.69 Å². The lowest BCUT2D eigenvalue weighted by atomic mass is 10.3. The Balaban J connectivity index is 2.19. The molecule has 1 atom stereocenters. The molecule has 1 heterocycles. The molecule has 0 amide bonds. The Kier molecular flexibility index (Phi) is 2.23. The maximum Gasteiger partial charge on any atom is 0.0522 e. The number of rotatable bonds is 1. The number of para-hydroxylation sites is 1. The molecule has 1 saturated heterocycles. The Bertz CT molecular complexity index is 271. The highest BCUT2D eigenvalue weighted by Crippen LogP contribution is 2.23. The van der Waals surface area contributed by atoms with E-state index >= 15 is 0 Å². The minimum absolute atomic E-state index is 0.667. The number of anilines is 1. The third kappa shape index (κ3) is 1.54. The lowest BCUT2D eigenvalue weighted by Crippen LogP contribution is -2.36. The second kappa shape index (κ2) is 3.38. The van der Waals surface area contributed by atoms with E-state index in [1.54, 1.807) is 0 Å². The molecule has 0 N–H and O–H groups in total. The molecule has 1 aliphatic rings. The van der Waals surface area contributed by atoms with Crippen LogP contribution in [-0.4, -0.2) is 24.6 Å². The second-order valence-electron chi connectivity index (χ2n) is 3.67. The van der Waals surface area contributed by atoms with Gasteiger partial charge in [0.25, 0.3) is 0 Å². The van der Waals surface area contributed by atoms with Gasteiger partial charge in [-0.1, -0.05) is 18.2 Å². The van der Waals surface area contributed by atoms with E-state index in [9.17, 15) is 0 Å². The molecule has 0 saturated carbocycles. The molecule has 1 aliphatic heterocycles. The minimum Gasteiger partial charge on any atom is -0.306 e. The van der Waals surface area contributed by atoms with Crippen LogP contribution in [0.5, 0.6) is 0 Å². The van der Waals surface area contributed by atoms with Crippen molar-refractivity contribution in [3.63, 3.8) is 0 Å². The summed E-state index contributed by atoms with van der Waals surface area (Å²) < 4.78 is 0. The van der Waals surface area contributed by atoms with Crippen molar-refractivity contribution in [3.05, 3.63) is 30.3 Å². The SMILES string of the molecule is CC1CCN(c2ccccc2)N1C. The van der Waals surface area contributed by atoms with Crippen molar-refractivity contribution in [2.24, 2.45) is 0 Å². The van der Waals surface area contributed by atoms with Crippen LogP contribution in [-0.2, 0) is 0 Å². The topological polar surface area (TPSA) is 6.48 Å². The Morgan fingerprint density at radius 1 is 1.23 bits per heavy atom. The smallest absolute Gasteiger partial charge is 0.0522 e. The van der Waals surface area contributed by atoms with Crippen LogP contribution in [0.1, 0.15) is 13.3 Å². The van der Waals surface area contributed by atoms with Gasteiger partial charge < -0.3 is 5.01 Å². The molecule has 0 radical (unpaired) electrons. The van der Waals surface area contributed by atoms with Crippen molar-refractivity contribution < 1.29 is 0 Å². The van der Waals surface area contributed by atoms with Crippen molar-refractivity contribution in [3.8, 4) is 0 Å². The van der Waals surface area contributed by atoms with Crippen LogP contribution >= 0.6 is 0 Å². The highest BCUT2D eigenvalue weighted by molar-refractivity contribution is 5.45. The number of hydrogen-bond donors (Lipinski definition) is 0. The first-order valence-electron chi connectivity index (χ1n) is 4.84. The molecule has 0 spiro atoms. The van der Waals surface area contributed by atoms with Crippen LogP contribution in [0.4, 0.5) is 5.69 Å². The highest BCUT2D eigenvalue weighted by Gasteiger charge is 2.24.